The summed E-state index contributed by atoms with van der Waals surface area (Å²) in [6.45, 7) is 5.45. The summed E-state index contributed by atoms with van der Waals surface area (Å²) in [6, 6.07) is 2.20. The van der Waals surface area contributed by atoms with Crippen LogP contribution in [0.5, 0.6) is 5.75 Å². The van der Waals surface area contributed by atoms with E-state index < -0.39 is 0 Å². The summed E-state index contributed by atoms with van der Waals surface area (Å²) in [6.07, 6.45) is 3.21. The number of rotatable bonds is 6. The van der Waals surface area contributed by atoms with Gasteiger partial charge in [0.1, 0.15) is 17.4 Å². The van der Waals surface area contributed by atoms with Crippen LogP contribution in [-0.4, -0.2) is 16.0 Å². The minimum atomic E-state index is 0.431. The first kappa shape index (κ1) is 14.2. The molecule has 0 saturated carbocycles. The highest BCUT2D eigenvalue weighted by atomic mass is 35.5. The number of halogens is 1. The van der Waals surface area contributed by atoms with Gasteiger partial charge in [-0.05, 0) is 0 Å². The zero-order chi connectivity index (χ0) is 13.7. The number of hydrogen-bond donors (Lipinski definition) is 1. The van der Waals surface area contributed by atoms with E-state index >= 15 is 0 Å². The van der Waals surface area contributed by atoms with Crippen molar-refractivity contribution in [3.63, 3.8) is 0 Å². The summed E-state index contributed by atoms with van der Waals surface area (Å²) in [7, 11) is 0. The lowest BCUT2D eigenvalue weighted by molar-refractivity contribution is 0.300. The van der Waals surface area contributed by atoms with Gasteiger partial charge in [0.15, 0.2) is 0 Å². The molecule has 0 fully saturated rings. The zero-order valence-electron chi connectivity index (χ0n) is 10.9. The van der Waals surface area contributed by atoms with Gasteiger partial charge in [-0.25, -0.2) is 4.98 Å². The van der Waals surface area contributed by atoms with Crippen LogP contribution in [0, 0.1) is 0 Å². The maximum Gasteiger partial charge on any atom is 0.139 e. The number of aromatic nitrogens is 2. The molecule has 0 radical (unpaired) electrons. The van der Waals surface area contributed by atoms with Gasteiger partial charge in [0.2, 0.25) is 0 Å². The fourth-order valence-electron chi connectivity index (χ4n) is 1.42. The number of nitrogens with one attached hydrogen (secondary N) is 1. The molecule has 102 valence electrons. The maximum absolute atomic E-state index is 5.84. The average molecular weight is 298 g/mol. The fraction of sp³-hybridized carbons (Fsp3) is 0.385. The summed E-state index contributed by atoms with van der Waals surface area (Å²) in [5, 5.41) is 6.98. The molecule has 0 amide bonds. The fourth-order valence-corrected chi connectivity index (χ4v) is 2.31. The van der Waals surface area contributed by atoms with E-state index in [-0.39, 0.29) is 0 Å². The van der Waals surface area contributed by atoms with Gasteiger partial charge in [-0.15, -0.1) is 11.3 Å². The third-order valence-electron chi connectivity index (χ3n) is 2.33. The monoisotopic (exact) mass is 297 g/mol. The Bertz CT molecular complexity index is 530. The summed E-state index contributed by atoms with van der Waals surface area (Å²) >= 11 is 7.47. The molecule has 0 spiro atoms. The summed E-state index contributed by atoms with van der Waals surface area (Å²) in [5.41, 5.74) is 0.922. The molecule has 0 bridgehead atoms. The third kappa shape index (κ3) is 4.78. The highest BCUT2D eigenvalue weighted by molar-refractivity contribution is 7.09. The first-order valence-corrected chi connectivity index (χ1v) is 7.29. The SMILES string of the molecule is CC(C)NCc1nc(COc2cncc(Cl)c2)cs1. The van der Waals surface area contributed by atoms with Crippen molar-refractivity contribution >= 4 is 22.9 Å². The van der Waals surface area contributed by atoms with Crippen LogP contribution >= 0.6 is 22.9 Å². The second-order valence-electron chi connectivity index (χ2n) is 4.40. The van der Waals surface area contributed by atoms with Crippen LogP contribution in [0.1, 0.15) is 24.5 Å². The van der Waals surface area contributed by atoms with Gasteiger partial charge in [-0.1, -0.05) is 25.4 Å². The van der Waals surface area contributed by atoms with Gasteiger partial charge < -0.3 is 10.1 Å². The second-order valence-corrected chi connectivity index (χ2v) is 5.77. The smallest absolute Gasteiger partial charge is 0.139 e. The van der Waals surface area contributed by atoms with Gasteiger partial charge >= 0.3 is 0 Å². The van der Waals surface area contributed by atoms with Crippen molar-refractivity contribution < 1.29 is 4.74 Å². The van der Waals surface area contributed by atoms with Crippen LogP contribution in [0.25, 0.3) is 0 Å². The first-order chi connectivity index (χ1) is 9.13. The number of hydrogen-bond acceptors (Lipinski definition) is 5. The number of thiazole rings is 1. The van der Waals surface area contributed by atoms with E-state index in [4.69, 9.17) is 16.3 Å². The van der Waals surface area contributed by atoms with Crippen LogP contribution in [-0.2, 0) is 13.2 Å². The summed E-state index contributed by atoms with van der Waals surface area (Å²) < 4.78 is 5.59. The number of pyridine rings is 1. The van der Waals surface area contributed by atoms with Gasteiger partial charge in [-0.3, -0.25) is 4.98 Å². The molecule has 0 unspecified atom stereocenters. The largest absolute Gasteiger partial charge is 0.486 e. The quantitative estimate of drug-likeness (QED) is 0.889. The minimum absolute atomic E-state index is 0.431. The standard InChI is InChI=1S/C13H16ClN3OS/c1-9(2)16-6-13-17-11(8-19-13)7-18-12-3-10(14)4-15-5-12/h3-5,8-9,16H,6-7H2,1-2H3. The van der Waals surface area contributed by atoms with E-state index in [9.17, 15) is 0 Å². The summed E-state index contributed by atoms with van der Waals surface area (Å²) in [5.74, 6) is 0.655. The van der Waals surface area contributed by atoms with Crippen LogP contribution < -0.4 is 10.1 Å². The van der Waals surface area contributed by atoms with Gasteiger partial charge in [0, 0.05) is 30.2 Å². The second kappa shape index (κ2) is 6.84. The van der Waals surface area contributed by atoms with Gasteiger partial charge in [-0.2, -0.15) is 0 Å². The third-order valence-corrected chi connectivity index (χ3v) is 3.43. The predicted molar refractivity (Wildman–Crippen MR) is 77.7 cm³/mol. The number of nitrogens with zero attached hydrogens (tertiary/aromatic N) is 2. The molecule has 0 aliphatic heterocycles. The predicted octanol–water partition coefficient (Wildman–Crippen LogP) is 3.27. The molecule has 0 atom stereocenters. The molecule has 4 nitrogen and oxygen atoms in total. The molecule has 2 heterocycles. The molecule has 2 aromatic heterocycles. The van der Waals surface area contributed by atoms with E-state index in [1.165, 1.54) is 0 Å². The van der Waals surface area contributed by atoms with E-state index in [0.29, 0.717) is 23.4 Å². The van der Waals surface area contributed by atoms with E-state index in [1.807, 2.05) is 5.38 Å². The normalized spacial score (nSPS) is 10.9. The van der Waals surface area contributed by atoms with Crippen molar-refractivity contribution in [3.05, 3.63) is 39.6 Å². The molecule has 0 saturated heterocycles. The van der Waals surface area contributed by atoms with Gasteiger partial charge in [0.25, 0.3) is 0 Å². The van der Waals surface area contributed by atoms with Crippen LogP contribution in [0.3, 0.4) is 0 Å². The Labute approximate surface area is 121 Å². The maximum atomic E-state index is 5.84. The van der Waals surface area contributed by atoms with Crippen molar-refractivity contribution in [2.45, 2.75) is 33.0 Å². The Balaban J connectivity index is 1.86. The van der Waals surface area contributed by atoms with Crippen molar-refractivity contribution in [3.8, 4) is 5.75 Å². The Hall–Kier alpha value is -1.17. The first-order valence-electron chi connectivity index (χ1n) is 6.03. The van der Waals surface area contributed by atoms with Crippen molar-refractivity contribution in [1.82, 2.24) is 15.3 Å². The topological polar surface area (TPSA) is 47.0 Å². The Kier molecular flexibility index (Phi) is 5.13. The van der Waals surface area contributed by atoms with E-state index in [0.717, 1.165) is 17.2 Å². The molecule has 6 heteroatoms. The average Bonchev–Trinajstić information content (AvgIpc) is 2.82. The van der Waals surface area contributed by atoms with Crippen LogP contribution in [0.2, 0.25) is 5.02 Å². The van der Waals surface area contributed by atoms with Crippen molar-refractivity contribution in [2.75, 3.05) is 0 Å². The minimum Gasteiger partial charge on any atom is -0.486 e. The summed E-state index contributed by atoms with van der Waals surface area (Å²) in [4.78, 5) is 8.46. The highest BCUT2D eigenvalue weighted by Crippen LogP contribution is 2.17. The van der Waals surface area contributed by atoms with E-state index in [1.54, 1.807) is 29.8 Å². The molecular weight excluding hydrogens is 282 g/mol. The Morgan fingerprint density at radius 2 is 2.26 bits per heavy atom. The molecule has 2 aromatic rings. The van der Waals surface area contributed by atoms with E-state index in [2.05, 4.69) is 29.1 Å². The zero-order valence-corrected chi connectivity index (χ0v) is 12.5. The van der Waals surface area contributed by atoms with Crippen molar-refractivity contribution in [2.24, 2.45) is 0 Å². The lowest BCUT2D eigenvalue weighted by Gasteiger charge is -2.05. The van der Waals surface area contributed by atoms with Gasteiger partial charge in [0.05, 0.1) is 16.9 Å². The van der Waals surface area contributed by atoms with Crippen LogP contribution in [0.15, 0.2) is 23.8 Å². The molecular formula is C13H16ClN3OS. The molecule has 19 heavy (non-hydrogen) atoms. The molecule has 0 aromatic carbocycles. The number of ether oxygens (including phenoxy) is 1. The lowest BCUT2D eigenvalue weighted by Crippen LogP contribution is -2.21. The van der Waals surface area contributed by atoms with Crippen LogP contribution in [0.4, 0.5) is 0 Å². The Morgan fingerprint density at radius 1 is 1.42 bits per heavy atom. The molecule has 0 aliphatic carbocycles. The Morgan fingerprint density at radius 3 is 3.00 bits per heavy atom. The molecule has 1 N–H and O–H groups in total. The highest BCUT2D eigenvalue weighted by Gasteiger charge is 2.04. The molecule has 0 aliphatic rings. The lowest BCUT2D eigenvalue weighted by atomic mass is 10.4. The molecule has 2 rings (SSSR count). The van der Waals surface area contributed by atoms with Crippen molar-refractivity contribution in [1.29, 1.82) is 0 Å².